The molecule has 3 aromatic carbocycles. The number of hydrogen-bond donors (Lipinski definition) is 1. The van der Waals surface area contributed by atoms with Crippen LogP contribution in [-0.2, 0) is 26.2 Å². The van der Waals surface area contributed by atoms with Crippen LogP contribution in [0, 0.1) is 6.92 Å². The Morgan fingerprint density at radius 2 is 1.52 bits per heavy atom. The fraction of sp³-hybridized carbons (Fsp3) is 0.355. The van der Waals surface area contributed by atoms with E-state index in [9.17, 15) is 18.0 Å². The number of hydrogen-bond acceptors (Lipinski definition) is 5. The Balaban J connectivity index is 2.09. The third-order valence-corrected chi connectivity index (χ3v) is 9.52. The Morgan fingerprint density at radius 1 is 0.929 bits per heavy atom. The summed E-state index contributed by atoms with van der Waals surface area (Å²) >= 11 is 12.9. The molecule has 2 amide bonds. The minimum absolute atomic E-state index is 0.0149. The van der Waals surface area contributed by atoms with Crippen LogP contribution in [0.25, 0.3) is 0 Å². The van der Waals surface area contributed by atoms with Gasteiger partial charge in [-0.05, 0) is 75.2 Å². The highest BCUT2D eigenvalue weighted by Crippen LogP contribution is 2.29. The van der Waals surface area contributed by atoms with Crippen molar-refractivity contribution in [1.29, 1.82) is 0 Å². The summed E-state index contributed by atoms with van der Waals surface area (Å²) < 4.78 is 34.2. The first-order valence-corrected chi connectivity index (χ1v) is 15.9. The zero-order valence-corrected chi connectivity index (χ0v) is 26.8. The lowest BCUT2D eigenvalue weighted by molar-refractivity contribution is -0.140. The molecule has 1 N–H and O–H groups in total. The first kappa shape index (κ1) is 33.2. The van der Waals surface area contributed by atoms with Gasteiger partial charge in [-0.15, -0.1) is 0 Å². The summed E-state index contributed by atoms with van der Waals surface area (Å²) in [6.45, 7) is 6.85. The average Bonchev–Trinajstić information content (AvgIpc) is 2.97. The maximum atomic E-state index is 14.2. The molecule has 0 saturated heterocycles. The molecule has 0 aliphatic rings. The topological polar surface area (TPSA) is 96.0 Å². The normalized spacial score (nSPS) is 12.7. The first-order valence-electron chi connectivity index (χ1n) is 13.7. The number of amides is 2. The van der Waals surface area contributed by atoms with Crippen molar-refractivity contribution in [3.8, 4) is 5.75 Å². The summed E-state index contributed by atoms with van der Waals surface area (Å²) in [6, 6.07) is 16.7. The average molecular weight is 635 g/mol. The van der Waals surface area contributed by atoms with Crippen molar-refractivity contribution in [3.63, 3.8) is 0 Å². The Bertz CT molecular complexity index is 1460. The van der Waals surface area contributed by atoms with E-state index in [-0.39, 0.29) is 29.8 Å². The maximum Gasteiger partial charge on any atom is 0.264 e. The molecule has 2 atom stereocenters. The summed E-state index contributed by atoms with van der Waals surface area (Å²) in [4.78, 5) is 28.9. The van der Waals surface area contributed by atoms with Crippen LogP contribution in [0.15, 0.2) is 71.6 Å². The van der Waals surface area contributed by atoms with Gasteiger partial charge >= 0.3 is 0 Å². The number of anilines is 1. The molecular weight excluding hydrogens is 597 g/mol. The van der Waals surface area contributed by atoms with Crippen molar-refractivity contribution in [2.75, 3.05) is 18.0 Å². The molecule has 0 heterocycles. The quantitative estimate of drug-likeness (QED) is 0.241. The predicted molar refractivity (Wildman–Crippen MR) is 168 cm³/mol. The molecule has 11 heteroatoms. The van der Waals surface area contributed by atoms with Gasteiger partial charge in [0.1, 0.15) is 18.3 Å². The SMILES string of the molecule is CC[C@H](C)NC(=O)[C@H](CC)N(Cc1c(Cl)cccc1Cl)C(=O)CN(c1ccc(C)cc1)S(=O)(=O)c1ccc(OC)cc1. The number of benzene rings is 3. The van der Waals surface area contributed by atoms with Gasteiger partial charge in [-0.2, -0.15) is 0 Å². The van der Waals surface area contributed by atoms with Gasteiger partial charge < -0.3 is 15.0 Å². The van der Waals surface area contributed by atoms with E-state index in [0.717, 1.165) is 9.87 Å². The zero-order chi connectivity index (χ0) is 31.0. The highest BCUT2D eigenvalue weighted by atomic mass is 35.5. The van der Waals surface area contributed by atoms with Crippen LogP contribution in [0.5, 0.6) is 5.75 Å². The van der Waals surface area contributed by atoms with Crippen LogP contribution in [0.3, 0.4) is 0 Å². The van der Waals surface area contributed by atoms with Gasteiger partial charge in [0, 0.05) is 28.2 Å². The number of carbonyl (C=O) groups is 2. The number of rotatable bonds is 13. The molecule has 0 saturated carbocycles. The number of aryl methyl sites for hydroxylation is 1. The molecule has 0 fully saturated rings. The van der Waals surface area contributed by atoms with Gasteiger partial charge in [-0.25, -0.2) is 8.42 Å². The zero-order valence-electron chi connectivity index (χ0n) is 24.4. The molecule has 3 rings (SSSR count). The number of nitrogens with zero attached hydrogens (tertiary/aromatic N) is 2. The summed E-state index contributed by atoms with van der Waals surface area (Å²) in [5.41, 5.74) is 1.69. The lowest BCUT2D eigenvalue weighted by Gasteiger charge is -2.34. The van der Waals surface area contributed by atoms with E-state index in [1.165, 1.54) is 24.1 Å². The Labute approximate surface area is 258 Å². The number of carbonyl (C=O) groups excluding carboxylic acids is 2. The lowest BCUT2D eigenvalue weighted by atomic mass is 10.1. The number of sulfonamides is 1. The molecule has 0 radical (unpaired) electrons. The number of halogens is 2. The van der Waals surface area contributed by atoms with Crippen molar-refractivity contribution < 1.29 is 22.7 Å². The third kappa shape index (κ3) is 7.96. The van der Waals surface area contributed by atoms with E-state index >= 15 is 0 Å². The van der Waals surface area contributed by atoms with E-state index < -0.39 is 28.5 Å². The largest absolute Gasteiger partial charge is 0.497 e. The second-order valence-corrected chi connectivity index (χ2v) is 12.7. The molecule has 0 aliphatic heterocycles. The van der Waals surface area contributed by atoms with Gasteiger partial charge in [0.05, 0.1) is 17.7 Å². The highest BCUT2D eigenvalue weighted by molar-refractivity contribution is 7.92. The Kier molecular flexibility index (Phi) is 11.7. The van der Waals surface area contributed by atoms with Crippen LogP contribution in [0.1, 0.15) is 44.7 Å². The molecule has 42 heavy (non-hydrogen) atoms. The van der Waals surface area contributed by atoms with Crippen molar-refractivity contribution in [2.45, 2.75) is 64.1 Å². The van der Waals surface area contributed by atoms with Crippen molar-refractivity contribution in [2.24, 2.45) is 0 Å². The molecule has 8 nitrogen and oxygen atoms in total. The number of ether oxygens (including phenoxy) is 1. The van der Waals surface area contributed by atoms with Crippen molar-refractivity contribution >= 4 is 50.7 Å². The van der Waals surface area contributed by atoms with E-state index in [1.807, 2.05) is 20.8 Å². The molecule has 0 bridgehead atoms. The molecular formula is C31H37Cl2N3O5S. The molecule has 0 aliphatic carbocycles. The lowest BCUT2D eigenvalue weighted by Crippen LogP contribution is -2.53. The van der Waals surface area contributed by atoms with Crippen LogP contribution in [0.4, 0.5) is 5.69 Å². The first-order chi connectivity index (χ1) is 19.9. The molecule has 0 aromatic heterocycles. The molecule has 226 valence electrons. The fourth-order valence-corrected chi connectivity index (χ4v) is 6.26. The van der Waals surface area contributed by atoms with Gasteiger partial charge in [0.2, 0.25) is 11.8 Å². The van der Waals surface area contributed by atoms with E-state index in [1.54, 1.807) is 61.5 Å². The van der Waals surface area contributed by atoms with Crippen LogP contribution in [0.2, 0.25) is 10.0 Å². The van der Waals surface area contributed by atoms with Crippen LogP contribution in [-0.4, -0.2) is 50.9 Å². The number of methoxy groups -OCH3 is 1. The van der Waals surface area contributed by atoms with E-state index in [0.29, 0.717) is 33.5 Å². The molecule has 3 aromatic rings. The molecule has 0 unspecified atom stereocenters. The number of nitrogens with one attached hydrogen (secondary N) is 1. The smallest absolute Gasteiger partial charge is 0.264 e. The Morgan fingerprint density at radius 3 is 2.05 bits per heavy atom. The predicted octanol–water partition coefficient (Wildman–Crippen LogP) is 6.23. The maximum absolute atomic E-state index is 14.2. The van der Waals surface area contributed by atoms with Crippen LogP contribution < -0.4 is 14.4 Å². The summed E-state index contributed by atoms with van der Waals surface area (Å²) in [5.74, 6) is -0.439. The summed E-state index contributed by atoms with van der Waals surface area (Å²) in [5, 5.41) is 3.61. The van der Waals surface area contributed by atoms with E-state index in [2.05, 4.69) is 5.32 Å². The summed E-state index contributed by atoms with van der Waals surface area (Å²) in [7, 11) is -2.72. The summed E-state index contributed by atoms with van der Waals surface area (Å²) in [6.07, 6.45) is 0.986. The standard InChI is InChI=1S/C31H37Cl2N3O5S/c1-6-22(4)34-31(38)29(7-2)35(19-26-27(32)9-8-10-28(26)33)30(37)20-36(23-13-11-21(3)12-14-23)42(39,40)25-17-15-24(41-5)16-18-25/h8-18,22,29H,6-7,19-20H2,1-5H3,(H,34,38)/t22-,29-/m0/s1. The van der Waals surface area contributed by atoms with Gasteiger partial charge in [0.25, 0.3) is 10.0 Å². The van der Waals surface area contributed by atoms with Gasteiger partial charge in [-0.1, -0.05) is 60.8 Å². The third-order valence-electron chi connectivity index (χ3n) is 7.03. The molecule has 0 spiro atoms. The minimum Gasteiger partial charge on any atom is -0.497 e. The van der Waals surface area contributed by atoms with E-state index in [4.69, 9.17) is 27.9 Å². The van der Waals surface area contributed by atoms with Crippen LogP contribution >= 0.6 is 23.2 Å². The monoisotopic (exact) mass is 633 g/mol. The van der Waals surface area contributed by atoms with Crippen molar-refractivity contribution in [1.82, 2.24) is 10.2 Å². The second kappa shape index (κ2) is 14.8. The minimum atomic E-state index is -4.21. The van der Waals surface area contributed by atoms with Gasteiger partial charge in [0.15, 0.2) is 0 Å². The highest BCUT2D eigenvalue weighted by Gasteiger charge is 2.34. The Hall–Kier alpha value is -3.27. The second-order valence-electron chi connectivity index (χ2n) is 9.99. The van der Waals surface area contributed by atoms with Gasteiger partial charge in [-0.3, -0.25) is 13.9 Å². The van der Waals surface area contributed by atoms with Crippen molar-refractivity contribution in [3.05, 3.63) is 87.9 Å². The fourth-order valence-electron chi connectivity index (χ4n) is 4.33.